The topological polar surface area (TPSA) is 50.7 Å². The van der Waals surface area contributed by atoms with Gasteiger partial charge in [-0.2, -0.15) is 26.3 Å². The molecule has 1 N–H and O–H groups in total. The minimum absolute atomic E-state index is 0.0464. The van der Waals surface area contributed by atoms with Gasteiger partial charge in [0.05, 0.1) is 5.01 Å². The average molecular weight is 348 g/mol. The van der Waals surface area contributed by atoms with Gasteiger partial charge in [0.15, 0.2) is 5.69 Å². The number of anilines is 1. The molecule has 12 heteroatoms. The smallest absolute Gasteiger partial charge is 0.360 e. The number of hydrogen-bond acceptors (Lipinski definition) is 6. The second-order valence-corrected chi connectivity index (χ2v) is 5.63. The Morgan fingerprint density at radius 3 is 2.29 bits per heavy atom. The number of nitrogens with one attached hydrogen (secondary N) is 1. The monoisotopic (exact) mass is 348 g/mol. The van der Waals surface area contributed by atoms with Gasteiger partial charge in [-0.05, 0) is 0 Å². The minimum atomic E-state index is -4.56. The van der Waals surface area contributed by atoms with Gasteiger partial charge >= 0.3 is 12.4 Å². The lowest BCUT2D eigenvalue weighted by Crippen LogP contribution is -2.07. The van der Waals surface area contributed by atoms with Crippen molar-refractivity contribution >= 4 is 27.8 Å². The molecule has 0 saturated carbocycles. The standard InChI is InChI=1S/C9H6F6N4S2/c10-8(11,12)4-3-20-5(17-4)1-2-16-7-19-18-6(21-7)9(13,14)15/h3H,1-2H2,(H,16,19). The van der Waals surface area contributed by atoms with Crippen molar-refractivity contribution in [3.8, 4) is 0 Å². The first kappa shape index (κ1) is 15.9. The Morgan fingerprint density at radius 1 is 1.05 bits per heavy atom. The summed E-state index contributed by atoms with van der Waals surface area (Å²) in [4.78, 5) is 3.40. The van der Waals surface area contributed by atoms with Gasteiger partial charge in [-0.15, -0.1) is 21.5 Å². The molecule has 0 aromatic carbocycles. The van der Waals surface area contributed by atoms with Gasteiger partial charge in [-0.25, -0.2) is 4.98 Å². The lowest BCUT2D eigenvalue weighted by molar-refractivity contribution is -0.141. The zero-order valence-electron chi connectivity index (χ0n) is 9.92. The molecule has 0 saturated heterocycles. The summed E-state index contributed by atoms with van der Waals surface area (Å²) in [5, 5.41) is 8.82. The van der Waals surface area contributed by atoms with Crippen molar-refractivity contribution in [1.82, 2.24) is 15.2 Å². The van der Waals surface area contributed by atoms with E-state index < -0.39 is 23.1 Å². The van der Waals surface area contributed by atoms with Crippen LogP contribution in [-0.4, -0.2) is 21.7 Å². The Balaban J connectivity index is 1.87. The highest BCUT2D eigenvalue weighted by Crippen LogP contribution is 2.33. The molecule has 2 aromatic rings. The van der Waals surface area contributed by atoms with Gasteiger partial charge in [0.25, 0.3) is 0 Å². The molecular weight excluding hydrogens is 342 g/mol. The van der Waals surface area contributed by atoms with Crippen LogP contribution in [0.1, 0.15) is 15.7 Å². The molecule has 0 aliphatic carbocycles. The van der Waals surface area contributed by atoms with Crippen LogP contribution in [0.5, 0.6) is 0 Å². The van der Waals surface area contributed by atoms with Crippen LogP contribution in [0.2, 0.25) is 0 Å². The second kappa shape index (κ2) is 5.75. The van der Waals surface area contributed by atoms with E-state index in [0.717, 1.165) is 16.7 Å². The predicted molar refractivity (Wildman–Crippen MR) is 64.2 cm³/mol. The number of rotatable bonds is 4. The van der Waals surface area contributed by atoms with E-state index in [1.807, 2.05) is 0 Å². The fourth-order valence-electron chi connectivity index (χ4n) is 1.24. The van der Waals surface area contributed by atoms with E-state index in [9.17, 15) is 26.3 Å². The van der Waals surface area contributed by atoms with Crippen molar-refractivity contribution in [3.05, 3.63) is 21.1 Å². The third-order valence-electron chi connectivity index (χ3n) is 2.12. The second-order valence-electron chi connectivity index (χ2n) is 3.71. The molecule has 0 bridgehead atoms. The Kier molecular flexibility index (Phi) is 4.37. The van der Waals surface area contributed by atoms with Crippen LogP contribution >= 0.6 is 22.7 Å². The Hall–Kier alpha value is -1.43. The number of aromatic nitrogens is 3. The Labute approximate surface area is 121 Å². The highest BCUT2D eigenvalue weighted by molar-refractivity contribution is 7.15. The lowest BCUT2D eigenvalue weighted by atomic mass is 10.4. The van der Waals surface area contributed by atoms with Gasteiger partial charge < -0.3 is 5.32 Å². The van der Waals surface area contributed by atoms with Crippen molar-refractivity contribution in [2.24, 2.45) is 0 Å². The highest BCUT2D eigenvalue weighted by atomic mass is 32.1. The van der Waals surface area contributed by atoms with Gasteiger partial charge in [0.2, 0.25) is 10.1 Å². The lowest BCUT2D eigenvalue weighted by Gasteiger charge is -2.01. The average Bonchev–Trinajstić information content (AvgIpc) is 2.95. The fraction of sp³-hybridized carbons (Fsp3) is 0.444. The molecule has 21 heavy (non-hydrogen) atoms. The summed E-state index contributed by atoms with van der Waals surface area (Å²) in [6.07, 6.45) is -8.92. The fourth-order valence-corrected chi connectivity index (χ4v) is 2.68. The van der Waals surface area contributed by atoms with E-state index in [0.29, 0.717) is 11.3 Å². The molecule has 0 amide bonds. The maximum Gasteiger partial charge on any atom is 0.445 e. The molecule has 0 radical (unpaired) electrons. The molecule has 4 nitrogen and oxygen atoms in total. The Morgan fingerprint density at radius 2 is 1.76 bits per heavy atom. The number of halogens is 6. The normalized spacial score (nSPS) is 12.7. The molecule has 0 fully saturated rings. The summed E-state index contributed by atoms with van der Waals surface area (Å²) in [6, 6.07) is 0. The molecule has 2 heterocycles. The summed E-state index contributed by atoms with van der Waals surface area (Å²) < 4.78 is 73.7. The van der Waals surface area contributed by atoms with Crippen LogP contribution in [0.3, 0.4) is 0 Å². The van der Waals surface area contributed by atoms with Crippen LogP contribution in [0.25, 0.3) is 0 Å². The molecule has 0 atom stereocenters. The van der Waals surface area contributed by atoms with Crippen LogP contribution < -0.4 is 5.32 Å². The van der Waals surface area contributed by atoms with E-state index in [-0.39, 0.29) is 23.1 Å². The molecule has 2 aromatic heterocycles. The molecule has 0 spiro atoms. The maximum absolute atomic E-state index is 12.3. The summed E-state index contributed by atoms with van der Waals surface area (Å²) in [5.41, 5.74) is -0.974. The zero-order valence-corrected chi connectivity index (χ0v) is 11.6. The number of alkyl halides is 6. The molecular formula is C9H6F6N4S2. The van der Waals surface area contributed by atoms with E-state index in [1.165, 1.54) is 0 Å². The van der Waals surface area contributed by atoms with E-state index in [4.69, 9.17) is 0 Å². The van der Waals surface area contributed by atoms with E-state index in [2.05, 4.69) is 20.5 Å². The SMILES string of the molecule is FC(F)(F)c1csc(CCNc2nnc(C(F)(F)F)s2)n1. The first-order valence-corrected chi connectivity index (χ1v) is 7.02. The van der Waals surface area contributed by atoms with Crippen molar-refractivity contribution < 1.29 is 26.3 Å². The van der Waals surface area contributed by atoms with Crippen molar-refractivity contribution in [2.75, 3.05) is 11.9 Å². The molecule has 0 aliphatic heterocycles. The van der Waals surface area contributed by atoms with E-state index in [1.54, 1.807) is 0 Å². The molecule has 116 valence electrons. The van der Waals surface area contributed by atoms with Gasteiger partial charge in [0, 0.05) is 18.3 Å². The largest absolute Gasteiger partial charge is 0.445 e. The van der Waals surface area contributed by atoms with Crippen molar-refractivity contribution in [2.45, 2.75) is 18.8 Å². The van der Waals surface area contributed by atoms with Gasteiger partial charge in [-0.3, -0.25) is 0 Å². The quantitative estimate of drug-likeness (QED) is 0.857. The van der Waals surface area contributed by atoms with Crippen LogP contribution in [0, 0.1) is 0 Å². The minimum Gasteiger partial charge on any atom is -0.360 e. The summed E-state index contributed by atoms with van der Waals surface area (Å²) >= 11 is 1.17. The highest BCUT2D eigenvalue weighted by Gasteiger charge is 2.35. The van der Waals surface area contributed by atoms with Crippen molar-refractivity contribution in [3.63, 3.8) is 0 Å². The Bertz CT molecular complexity index is 550. The predicted octanol–water partition coefficient (Wildman–Crippen LogP) is 3.69. The first-order chi connectivity index (χ1) is 9.66. The third-order valence-corrected chi connectivity index (χ3v) is 3.96. The first-order valence-electron chi connectivity index (χ1n) is 5.32. The van der Waals surface area contributed by atoms with Crippen LogP contribution in [0.15, 0.2) is 5.38 Å². The van der Waals surface area contributed by atoms with Gasteiger partial charge in [0.1, 0.15) is 0 Å². The van der Waals surface area contributed by atoms with Gasteiger partial charge in [-0.1, -0.05) is 11.3 Å². The summed E-state index contributed by atoms with van der Waals surface area (Å²) in [7, 11) is 0. The van der Waals surface area contributed by atoms with E-state index >= 15 is 0 Å². The molecule has 0 aliphatic rings. The number of nitrogens with zero attached hydrogens (tertiary/aromatic N) is 3. The number of thiazole rings is 1. The van der Waals surface area contributed by atoms with Crippen LogP contribution in [-0.2, 0) is 18.8 Å². The third kappa shape index (κ3) is 4.27. The molecule has 2 rings (SSSR count). The number of hydrogen-bond donors (Lipinski definition) is 1. The summed E-state index contributed by atoms with van der Waals surface area (Å²) in [6.45, 7) is 0.108. The summed E-state index contributed by atoms with van der Waals surface area (Å²) in [5.74, 6) is 0. The van der Waals surface area contributed by atoms with Crippen LogP contribution in [0.4, 0.5) is 31.5 Å². The molecule has 0 unspecified atom stereocenters. The zero-order chi connectivity index (χ0) is 15.7. The maximum atomic E-state index is 12.3. The van der Waals surface area contributed by atoms with Crippen molar-refractivity contribution in [1.29, 1.82) is 0 Å².